The highest BCUT2D eigenvalue weighted by Gasteiger charge is 2.34. The van der Waals surface area contributed by atoms with Crippen LogP contribution < -0.4 is 20.7 Å². The number of hydrogen-bond acceptors (Lipinski definition) is 8. The number of urea groups is 1. The number of anilines is 1. The van der Waals surface area contributed by atoms with Gasteiger partial charge >= 0.3 is 6.03 Å². The van der Waals surface area contributed by atoms with E-state index in [2.05, 4.69) is 26.1 Å². The van der Waals surface area contributed by atoms with Crippen LogP contribution in [0.3, 0.4) is 0 Å². The average Bonchev–Trinajstić information content (AvgIpc) is 3.12. The lowest BCUT2D eigenvalue weighted by Gasteiger charge is -2.27. The largest absolute Gasteiger partial charge is 0.494 e. The number of nitrogens with zero attached hydrogens (tertiary/aromatic N) is 2. The molecule has 2 heterocycles. The minimum atomic E-state index is -0.515. The number of aromatic nitrogens is 2. The lowest BCUT2D eigenvalue weighted by atomic mass is 9.95. The summed E-state index contributed by atoms with van der Waals surface area (Å²) in [5.74, 6) is -0.0220. The van der Waals surface area contributed by atoms with Gasteiger partial charge in [0.1, 0.15) is 5.75 Å². The minimum Gasteiger partial charge on any atom is -0.494 e. The summed E-state index contributed by atoms with van der Waals surface area (Å²) in [6, 6.07) is 6.21. The van der Waals surface area contributed by atoms with E-state index in [1.807, 2.05) is 6.92 Å². The molecule has 3 rings (SSSR count). The fourth-order valence-corrected chi connectivity index (χ4v) is 3.32. The number of nitrogens with one attached hydrogen (secondary N) is 3. The molecule has 2 atom stereocenters. The number of thioether (sulfide) groups is 1. The van der Waals surface area contributed by atoms with Crippen LogP contribution >= 0.6 is 11.8 Å². The second kappa shape index (κ2) is 9.41. The molecular formula is C18H21N5O5S. The van der Waals surface area contributed by atoms with Crippen molar-refractivity contribution in [2.45, 2.75) is 31.5 Å². The number of rotatable bonds is 8. The predicted molar refractivity (Wildman–Crippen MR) is 105 cm³/mol. The van der Waals surface area contributed by atoms with Gasteiger partial charge in [0.2, 0.25) is 17.7 Å². The quantitative estimate of drug-likeness (QED) is 0.549. The summed E-state index contributed by atoms with van der Waals surface area (Å²) in [5, 5.41) is 15.7. The van der Waals surface area contributed by atoms with Gasteiger partial charge in [0.05, 0.1) is 18.3 Å². The standard InChI is InChI=1S/C18H21N5O5S/c1-3-27-12-6-4-11(5-7-12)20-14(24)9-29-18-23-22-15(28-18)8-13-10(2)19-17(26)21-16(13)25/h4-7,10,13H,3,8-9H2,1-2H3,(H,20,24)(H2,19,21,25,26). The van der Waals surface area contributed by atoms with Gasteiger partial charge in [-0.1, -0.05) is 11.8 Å². The van der Waals surface area contributed by atoms with Gasteiger partial charge < -0.3 is 19.8 Å². The number of imide groups is 1. The van der Waals surface area contributed by atoms with Crippen molar-refractivity contribution in [2.75, 3.05) is 17.7 Å². The maximum Gasteiger partial charge on any atom is 0.321 e. The fourth-order valence-electron chi connectivity index (χ4n) is 2.74. The summed E-state index contributed by atoms with van der Waals surface area (Å²) >= 11 is 1.10. The zero-order valence-electron chi connectivity index (χ0n) is 15.9. The van der Waals surface area contributed by atoms with E-state index in [4.69, 9.17) is 9.15 Å². The highest BCUT2D eigenvalue weighted by atomic mass is 32.2. The molecule has 1 aromatic heterocycles. The lowest BCUT2D eigenvalue weighted by Crippen LogP contribution is -2.57. The summed E-state index contributed by atoms with van der Waals surface area (Å²) in [5.41, 5.74) is 0.657. The summed E-state index contributed by atoms with van der Waals surface area (Å²) in [6.45, 7) is 4.21. The van der Waals surface area contributed by atoms with E-state index in [1.54, 1.807) is 31.2 Å². The van der Waals surface area contributed by atoms with E-state index in [9.17, 15) is 14.4 Å². The number of carbonyl (C=O) groups is 3. The molecule has 1 fully saturated rings. The molecule has 11 heteroatoms. The maximum atomic E-state index is 12.1. The second-order valence-electron chi connectivity index (χ2n) is 6.32. The first-order valence-electron chi connectivity index (χ1n) is 9.04. The molecule has 1 aliphatic heterocycles. The van der Waals surface area contributed by atoms with E-state index in [1.165, 1.54) is 0 Å². The zero-order chi connectivity index (χ0) is 20.8. The normalized spacial score (nSPS) is 18.7. The van der Waals surface area contributed by atoms with Crippen molar-refractivity contribution in [3.63, 3.8) is 0 Å². The minimum absolute atomic E-state index is 0.0885. The summed E-state index contributed by atoms with van der Waals surface area (Å²) < 4.78 is 10.9. The monoisotopic (exact) mass is 419 g/mol. The Morgan fingerprint density at radius 1 is 1.28 bits per heavy atom. The molecule has 10 nitrogen and oxygen atoms in total. The van der Waals surface area contributed by atoms with Crippen LogP contribution in [0.15, 0.2) is 33.9 Å². The van der Waals surface area contributed by atoms with Gasteiger partial charge in [-0.3, -0.25) is 14.9 Å². The number of ether oxygens (including phenoxy) is 1. The van der Waals surface area contributed by atoms with Crippen LogP contribution in [0.25, 0.3) is 0 Å². The third kappa shape index (κ3) is 5.70. The Labute approximate surface area is 171 Å². The first kappa shape index (κ1) is 20.6. The van der Waals surface area contributed by atoms with Gasteiger partial charge in [0.15, 0.2) is 0 Å². The number of benzene rings is 1. The van der Waals surface area contributed by atoms with Crippen LogP contribution in [0.4, 0.5) is 10.5 Å². The average molecular weight is 419 g/mol. The second-order valence-corrected chi connectivity index (χ2v) is 7.24. The van der Waals surface area contributed by atoms with Crippen molar-refractivity contribution < 1.29 is 23.5 Å². The number of carbonyl (C=O) groups excluding carboxylic acids is 3. The molecule has 0 radical (unpaired) electrons. The van der Waals surface area contributed by atoms with E-state index in [-0.39, 0.29) is 41.1 Å². The molecule has 2 aromatic rings. The zero-order valence-corrected chi connectivity index (χ0v) is 16.7. The molecule has 0 saturated carbocycles. The Kier molecular flexibility index (Phi) is 6.70. The van der Waals surface area contributed by atoms with Gasteiger partial charge in [-0.25, -0.2) is 4.79 Å². The predicted octanol–water partition coefficient (Wildman–Crippen LogP) is 1.59. The van der Waals surface area contributed by atoms with E-state index >= 15 is 0 Å². The molecule has 29 heavy (non-hydrogen) atoms. The molecule has 1 aliphatic rings. The van der Waals surface area contributed by atoms with Crippen molar-refractivity contribution in [1.29, 1.82) is 0 Å². The molecule has 0 bridgehead atoms. The van der Waals surface area contributed by atoms with Crippen LogP contribution in [-0.4, -0.2) is 46.4 Å². The molecule has 2 unspecified atom stereocenters. The fraction of sp³-hybridized carbons (Fsp3) is 0.389. The Morgan fingerprint density at radius 3 is 2.72 bits per heavy atom. The van der Waals surface area contributed by atoms with Gasteiger partial charge in [-0.15, -0.1) is 10.2 Å². The van der Waals surface area contributed by atoms with Crippen LogP contribution in [0.1, 0.15) is 19.7 Å². The Hall–Kier alpha value is -3.08. The molecule has 1 saturated heterocycles. The third-order valence-corrected chi connectivity index (χ3v) is 4.97. The van der Waals surface area contributed by atoms with Gasteiger partial charge in [-0.05, 0) is 38.1 Å². The topological polar surface area (TPSA) is 135 Å². The smallest absolute Gasteiger partial charge is 0.321 e. The molecule has 4 amide bonds. The van der Waals surface area contributed by atoms with Crippen LogP contribution in [-0.2, 0) is 16.0 Å². The van der Waals surface area contributed by atoms with Gasteiger partial charge in [0.25, 0.3) is 5.22 Å². The first-order chi connectivity index (χ1) is 13.9. The van der Waals surface area contributed by atoms with Crippen molar-refractivity contribution in [2.24, 2.45) is 5.92 Å². The molecule has 1 aromatic carbocycles. The molecular weight excluding hydrogens is 398 g/mol. The van der Waals surface area contributed by atoms with E-state index in [0.717, 1.165) is 17.5 Å². The third-order valence-electron chi connectivity index (χ3n) is 4.15. The Morgan fingerprint density at radius 2 is 2.03 bits per heavy atom. The SMILES string of the molecule is CCOc1ccc(NC(=O)CSc2nnc(CC3C(=O)NC(=O)NC3C)o2)cc1. The number of amides is 4. The van der Waals surface area contributed by atoms with Gasteiger partial charge in [0, 0.05) is 18.2 Å². The van der Waals surface area contributed by atoms with Crippen LogP contribution in [0, 0.1) is 5.92 Å². The summed E-state index contributed by atoms with van der Waals surface area (Å²) in [7, 11) is 0. The highest BCUT2D eigenvalue weighted by molar-refractivity contribution is 7.99. The molecule has 154 valence electrons. The van der Waals surface area contributed by atoms with Crippen molar-refractivity contribution in [3.8, 4) is 5.75 Å². The number of hydrogen-bond donors (Lipinski definition) is 3. The maximum absolute atomic E-state index is 12.1. The first-order valence-corrected chi connectivity index (χ1v) is 10.0. The summed E-state index contributed by atoms with van der Waals surface area (Å²) in [6.07, 6.45) is 0.194. The van der Waals surface area contributed by atoms with Crippen molar-refractivity contribution >= 4 is 35.3 Å². The summed E-state index contributed by atoms with van der Waals surface area (Å²) in [4.78, 5) is 35.3. The van der Waals surface area contributed by atoms with Crippen molar-refractivity contribution in [1.82, 2.24) is 20.8 Å². The Balaban J connectivity index is 1.48. The van der Waals surface area contributed by atoms with Gasteiger partial charge in [-0.2, -0.15) is 0 Å². The van der Waals surface area contributed by atoms with Crippen molar-refractivity contribution in [3.05, 3.63) is 30.2 Å². The Bertz CT molecular complexity index is 885. The van der Waals surface area contributed by atoms with E-state index < -0.39 is 11.9 Å². The lowest BCUT2D eigenvalue weighted by molar-refractivity contribution is -0.125. The van der Waals surface area contributed by atoms with E-state index in [0.29, 0.717) is 12.3 Å². The molecule has 0 spiro atoms. The molecule has 3 N–H and O–H groups in total. The van der Waals surface area contributed by atoms with Crippen LogP contribution in [0.2, 0.25) is 0 Å². The molecule has 0 aliphatic carbocycles. The highest BCUT2D eigenvalue weighted by Crippen LogP contribution is 2.21. The van der Waals surface area contributed by atoms with Crippen LogP contribution in [0.5, 0.6) is 5.75 Å².